The quantitative estimate of drug-likeness (QED) is 0.390. The Labute approximate surface area is 205 Å². The van der Waals surface area contributed by atoms with Gasteiger partial charge in [0.1, 0.15) is 4.32 Å². The highest BCUT2D eigenvalue weighted by atomic mass is 32.2. The second-order valence-electron chi connectivity index (χ2n) is 7.53. The van der Waals surface area contributed by atoms with Crippen LogP contribution in [0.3, 0.4) is 0 Å². The Bertz CT molecular complexity index is 1150. The summed E-state index contributed by atoms with van der Waals surface area (Å²) in [5.41, 5.74) is 0.966. The molecule has 2 aromatic rings. The summed E-state index contributed by atoms with van der Waals surface area (Å²) in [5, 5.41) is 2.20. The summed E-state index contributed by atoms with van der Waals surface area (Å²) >= 11 is 10.2. The predicted molar refractivity (Wildman–Crippen MR) is 139 cm³/mol. The largest absolute Gasteiger partial charge is 0.303 e. The topological polar surface area (TPSA) is 40.6 Å². The Morgan fingerprint density at radius 3 is 2.81 bits per heavy atom. The first-order valence-electron chi connectivity index (χ1n) is 10.3. The highest BCUT2D eigenvalue weighted by molar-refractivity contribution is 8.26. The molecular formula is C24H20N2O2S4. The number of para-hydroxylation sites is 1. The van der Waals surface area contributed by atoms with Crippen LogP contribution in [0.4, 0.5) is 5.69 Å². The molecule has 2 unspecified atom stereocenters. The van der Waals surface area contributed by atoms with Crippen LogP contribution >= 0.6 is 47.1 Å². The lowest BCUT2D eigenvalue weighted by Gasteiger charge is -2.40. The molecule has 32 heavy (non-hydrogen) atoms. The summed E-state index contributed by atoms with van der Waals surface area (Å²) in [6, 6.07) is 12.0. The SMILES string of the molecule is O=C1/C(=C/c2cccs2)SC(=S)N1CCCC(=O)N1c2ccccc2SC2C=CC=CC21. The van der Waals surface area contributed by atoms with Crippen molar-refractivity contribution in [1.82, 2.24) is 4.90 Å². The molecule has 2 atom stereocenters. The monoisotopic (exact) mass is 496 g/mol. The number of carbonyl (C=O) groups is 2. The van der Waals surface area contributed by atoms with Crippen molar-refractivity contribution < 1.29 is 9.59 Å². The number of thiophene rings is 1. The summed E-state index contributed by atoms with van der Waals surface area (Å²) < 4.78 is 0.561. The van der Waals surface area contributed by atoms with Crippen LogP contribution in [0.15, 0.2) is 75.9 Å². The number of amides is 2. The maximum atomic E-state index is 13.3. The van der Waals surface area contributed by atoms with Crippen LogP contribution in [-0.2, 0) is 9.59 Å². The second kappa shape index (κ2) is 9.39. The van der Waals surface area contributed by atoms with Gasteiger partial charge in [-0.25, -0.2) is 0 Å². The highest BCUT2D eigenvalue weighted by Crippen LogP contribution is 2.43. The first-order valence-corrected chi connectivity index (χ1v) is 13.3. The van der Waals surface area contributed by atoms with Gasteiger partial charge in [-0.3, -0.25) is 14.5 Å². The smallest absolute Gasteiger partial charge is 0.266 e. The van der Waals surface area contributed by atoms with Crippen molar-refractivity contribution in [3.8, 4) is 0 Å². The van der Waals surface area contributed by atoms with Crippen LogP contribution in [0.2, 0.25) is 0 Å². The number of benzene rings is 1. The van der Waals surface area contributed by atoms with Gasteiger partial charge in [0.15, 0.2) is 0 Å². The summed E-state index contributed by atoms with van der Waals surface area (Å²) in [6.45, 7) is 0.451. The standard InChI is InChI=1S/C24H20N2O2S4/c27-22(26-17-8-1-3-10-19(17)31-20-11-4-2-9-18(20)26)12-5-13-25-23(28)21(32-24(25)29)15-16-7-6-14-30-16/h1-4,6-11,14-15,17,19H,5,12-13H2/b21-15-. The van der Waals surface area contributed by atoms with E-state index in [-0.39, 0.29) is 23.1 Å². The van der Waals surface area contributed by atoms with Gasteiger partial charge in [0.05, 0.1) is 21.9 Å². The van der Waals surface area contributed by atoms with Crippen LogP contribution < -0.4 is 4.90 Å². The first kappa shape index (κ1) is 21.7. The van der Waals surface area contributed by atoms with E-state index < -0.39 is 0 Å². The number of hydrogen-bond acceptors (Lipinski definition) is 6. The average molecular weight is 497 g/mol. The molecule has 2 amide bonds. The van der Waals surface area contributed by atoms with Crippen LogP contribution in [-0.4, -0.2) is 38.9 Å². The average Bonchev–Trinajstić information content (AvgIpc) is 3.41. The van der Waals surface area contributed by atoms with Crippen molar-refractivity contribution in [3.05, 3.63) is 75.9 Å². The lowest BCUT2D eigenvalue weighted by molar-refractivity contribution is -0.123. The molecule has 162 valence electrons. The number of anilines is 1. The van der Waals surface area contributed by atoms with Crippen LogP contribution in [0.1, 0.15) is 17.7 Å². The fraction of sp³-hybridized carbons (Fsp3) is 0.208. The number of rotatable bonds is 5. The molecule has 2 aliphatic heterocycles. The number of allylic oxidation sites excluding steroid dienone is 2. The van der Waals surface area contributed by atoms with Crippen LogP contribution in [0.5, 0.6) is 0 Å². The summed E-state index contributed by atoms with van der Waals surface area (Å²) in [7, 11) is 0. The van der Waals surface area contributed by atoms with E-state index in [1.165, 1.54) is 11.8 Å². The molecule has 1 aliphatic carbocycles. The number of fused-ring (bicyclic) bond motifs is 2. The van der Waals surface area contributed by atoms with E-state index in [9.17, 15) is 9.59 Å². The molecule has 0 radical (unpaired) electrons. The Morgan fingerprint density at radius 2 is 1.97 bits per heavy atom. The third-order valence-corrected chi connectivity index (χ3v) is 8.98. The van der Waals surface area contributed by atoms with Gasteiger partial charge < -0.3 is 4.90 Å². The van der Waals surface area contributed by atoms with E-state index in [4.69, 9.17) is 12.2 Å². The summed E-state index contributed by atoms with van der Waals surface area (Å²) in [6.07, 6.45) is 11.1. The number of hydrogen-bond donors (Lipinski definition) is 0. The molecule has 0 bridgehead atoms. The Balaban J connectivity index is 1.26. The molecule has 1 fully saturated rings. The Hall–Kier alpha value is -2.13. The normalized spacial score (nSPS) is 23.1. The van der Waals surface area contributed by atoms with E-state index in [0.29, 0.717) is 28.6 Å². The van der Waals surface area contributed by atoms with Crippen LogP contribution in [0, 0.1) is 0 Å². The molecule has 3 aliphatic rings. The highest BCUT2D eigenvalue weighted by Gasteiger charge is 2.37. The predicted octanol–water partition coefficient (Wildman–Crippen LogP) is 5.73. The van der Waals surface area contributed by atoms with Crippen LogP contribution in [0.25, 0.3) is 6.08 Å². The lowest BCUT2D eigenvalue weighted by Crippen LogP contribution is -2.47. The van der Waals surface area contributed by atoms with Crippen molar-refractivity contribution >= 4 is 75.0 Å². The fourth-order valence-electron chi connectivity index (χ4n) is 3.98. The molecule has 1 aromatic heterocycles. The zero-order chi connectivity index (χ0) is 22.1. The Morgan fingerprint density at radius 1 is 1.12 bits per heavy atom. The van der Waals surface area contributed by atoms with E-state index in [1.54, 1.807) is 28.0 Å². The molecule has 1 aromatic carbocycles. The Kier molecular flexibility index (Phi) is 6.37. The zero-order valence-electron chi connectivity index (χ0n) is 17.0. The molecular weight excluding hydrogens is 477 g/mol. The first-order chi connectivity index (χ1) is 15.6. The minimum Gasteiger partial charge on any atom is -0.303 e. The van der Waals surface area contributed by atoms with Crippen molar-refractivity contribution in [3.63, 3.8) is 0 Å². The minimum atomic E-state index is -0.0685. The summed E-state index contributed by atoms with van der Waals surface area (Å²) in [4.78, 5) is 32.5. The molecule has 3 heterocycles. The van der Waals surface area contributed by atoms with Gasteiger partial charge >= 0.3 is 0 Å². The van der Waals surface area contributed by atoms with E-state index >= 15 is 0 Å². The third-order valence-electron chi connectivity index (χ3n) is 5.47. The lowest BCUT2D eigenvalue weighted by atomic mass is 10.0. The number of nitrogens with zero attached hydrogens (tertiary/aromatic N) is 2. The van der Waals surface area contributed by atoms with Crippen molar-refractivity contribution in [2.24, 2.45) is 0 Å². The van der Waals surface area contributed by atoms with Gasteiger partial charge in [0, 0.05) is 22.7 Å². The van der Waals surface area contributed by atoms with Gasteiger partial charge in [-0.05, 0) is 36.1 Å². The molecule has 0 saturated carbocycles. The third kappa shape index (κ3) is 4.24. The number of thioether (sulfide) groups is 2. The van der Waals surface area contributed by atoms with Crippen molar-refractivity contribution in [2.75, 3.05) is 11.4 Å². The molecule has 0 spiro atoms. The van der Waals surface area contributed by atoms with Gasteiger partial charge in [0.25, 0.3) is 5.91 Å². The van der Waals surface area contributed by atoms with Gasteiger partial charge in [-0.15, -0.1) is 23.1 Å². The molecule has 1 saturated heterocycles. The van der Waals surface area contributed by atoms with E-state index in [0.717, 1.165) is 15.5 Å². The van der Waals surface area contributed by atoms with Crippen molar-refractivity contribution in [1.29, 1.82) is 0 Å². The maximum Gasteiger partial charge on any atom is 0.266 e. The number of thiocarbonyl (C=S) groups is 1. The zero-order valence-corrected chi connectivity index (χ0v) is 20.3. The summed E-state index contributed by atoms with van der Waals surface area (Å²) in [5.74, 6) is 0.00764. The molecule has 4 nitrogen and oxygen atoms in total. The van der Waals surface area contributed by atoms with Gasteiger partial charge in [-0.2, -0.15) is 0 Å². The van der Waals surface area contributed by atoms with E-state index in [2.05, 4.69) is 18.2 Å². The minimum absolute atomic E-state index is 0.0118. The second-order valence-corrected chi connectivity index (χ2v) is 11.4. The number of carbonyl (C=O) groups excluding carboxylic acids is 2. The fourth-order valence-corrected chi connectivity index (χ4v) is 7.27. The van der Waals surface area contributed by atoms with Crippen molar-refractivity contribution in [2.45, 2.75) is 29.0 Å². The van der Waals surface area contributed by atoms with Gasteiger partial charge in [0.2, 0.25) is 5.91 Å². The molecule has 8 heteroatoms. The molecule has 5 rings (SSSR count). The maximum absolute atomic E-state index is 13.3. The molecule has 0 N–H and O–H groups in total. The van der Waals surface area contributed by atoms with E-state index in [1.807, 2.05) is 58.8 Å². The van der Waals surface area contributed by atoms with Gasteiger partial charge in [-0.1, -0.05) is 66.5 Å².